The predicted octanol–water partition coefficient (Wildman–Crippen LogP) is 5.25. The highest BCUT2D eigenvalue weighted by Gasteiger charge is 2.35. The lowest BCUT2D eigenvalue weighted by molar-refractivity contribution is -0.127. The molecule has 0 radical (unpaired) electrons. The summed E-state index contributed by atoms with van der Waals surface area (Å²) in [6.45, 7) is 0.822. The van der Waals surface area contributed by atoms with Gasteiger partial charge < -0.3 is 15.0 Å². The van der Waals surface area contributed by atoms with Crippen molar-refractivity contribution in [2.45, 2.75) is 30.3 Å². The van der Waals surface area contributed by atoms with Crippen LogP contribution in [0.2, 0.25) is 5.02 Å². The molecule has 0 saturated carbocycles. The standard InChI is InChI=1S/C33H30ClN3O5S/c34-26-13-15-27(16-14-26)43(40,41)37-20-6-9-24-21-25(12-17-28(24)37)33(39)36-22-31(42-30-11-5-4-10-29(30)36)32(38)35-19-18-23-7-2-1-3-8-23/h1-5,7-8,10-17,21,31H,6,9,18-20,22H2,(H,35,38)/t31-/m1/s1. The van der Waals surface area contributed by atoms with E-state index >= 15 is 0 Å². The van der Waals surface area contributed by atoms with Gasteiger partial charge in [-0.2, -0.15) is 0 Å². The molecule has 4 aromatic carbocycles. The van der Waals surface area contributed by atoms with Crippen LogP contribution < -0.4 is 19.3 Å². The number of halogens is 1. The van der Waals surface area contributed by atoms with Gasteiger partial charge in [0.05, 0.1) is 22.8 Å². The van der Waals surface area contributed by atoms with Gasteiger partial charge in [-0.05, 0) is 85.0 Å². The summed E-state index contributed by atoms with van der Waals surface area (Å²) in [5.41, 5.74) is 3.42. The maximum Gasteiger partial charge on any atom is 0.264 e. The Hall–Kier alpha value is -4.34. The van der Waals surface area contributed by atoms with Crippen LogP contribution in [0.15, 0.2) is 102 Å². The zero-order chi connectivity index (χ0) is 30.0. The number of amides is 2. The Kier molecular flexibility index (Phi) is 8.10. The quantitative estimate of drug-likeness (QED) is 0.306. The number of sulfonamides is 1. The third kappa shape index (κ3) is 5.96. The van der Waals surface area contributed by atoms with Crippen LogP contribution in [-0.2, 0) is 27.7 Å². The molecule has 0 bridgehead atoms. The van der Waals surface area contributed by atoms with Crippen molar-refractivity contribution in [3.63, 3.8) is 0 Å². The van der Waals surface area contributed by atoms with Gasteiger partial charge in [0.25, 0.3) is 21.8 Å². The minimum Gasteiger partial charge on any atom is -0.477 e. The van der Waals surface area contributed by atoms with Gasteiger partial charge in [0, 0.05) is 23.7 Å². The zero-order valence-electron chi connectivity index (χ0n) is 23.3. The van der Waals surface area contributed by atoms with Crippen molar-refractivity contribution in [1.29, 1.82) is 0 Å². The molecule has 6 rings (SSSR count). The highest BCUT2D eigenvalue weighted by molar-refractivity contribution is 7.92. The normalized spacial score (nSPS) is 16.1. The average Bonchev–Trinajstić information content (AvgIpc) is 3.04. The van der Waals surface area contributed by atoms with Crippen molar-refractivity contribution in [3.05, 3.63) is 119 Å². The molecule has 2 aliphatic heterocycles. The van der Waals surface area contributed by atoms with Crippen molar-refractivity contribution >= 4 is 44.8 Å². The Balaban J connectivity index is 1.22. The van der Waals surface area contributed by atoms with Gasteiger partial charge in [-0.3, -0.25) is 13.9 Å². The molecule has 4 aromatic rings. The number of nitrogens with one attached hydrogen (secondary N) is 1. The third-order valence-electron chi connectivity index (χ3n) is 7.67. The van der Waals surface area contributed by atoms with E-state index in [2.05, 4.69) is 5.32 Å². The number of nitrogens with zero attached hydrogens (tertiary/aromatic N) is 2. The predicted molar refractivity (Wildman–Crippen MR) is 166 cm³/mol. The van der Waals surface area contributed by atoms with Crippen LogP contribution in [0.25, 0.3) is 0 Å². The molecule has 2 heterocycles. The highest BCUT2D eigenvalue weighted by Crippen LogP contribution is 2.36. The molecule has 2 amide bonds. The number of carbonyl (C=O) groups is 2. The van der Waals surface area contributed by atoms with E-state index < -0.39 is 16.1 Å². The highest BCUT2D eigenvalue weighted by atomic mass is 35.5. The fourth-order valence-electron chi connectivity index (χ4n) is 5.49. The van der Waals surface area contributed by atoms with E-state index in [1.165, 1.54) is 16.4 Å². The van der Waals surface area contributed by atoms with Gasteiger partial charge in [0.1, 0.15) is 5.75 Å². The number of carbonyl (C=O) groups excluding carboxylic acids is 2. The fraction of sp³-hybridized carbons (Fsp3) is 0.212. The van der Waals surface area contributed by atoms with E-state index in [0.717, 1.165) is 11.1 Å². The summed E-state index contributed by atoms with van der Waals surface area (Å²) >= 11 is 5.97. The van der Waals surface area contributed by atoms with Gasteiger partial charge >= 0.3 is 0 Å². The number of fused-ring (bicyclic) bond motifs is 2. The number of hydrogen-bond acceptors (Lipinski definition) is 5. The lowest BCUT2D eigenvalue weighted by atomic mass is 10.00. The van der Waals surface area contributed by atoms with E-state index in [9.17, 15) is 18.0 Å². The van der Waals surface area contributed by atoms with Gasteiger partial charge in [0.2, 0.25) is 0 Å². The average molecular weight is 616 g/mol. The van der Waals surface area contributed by atoms with Gasteiger partial charge in [-0.25, -0.2) is 8.42 Å². The van der Waals surface area contributed by atoms with Crippen LogP contribution in [0.1, 0.15) is 27.9 Å². The monoisotopic (exact) mass is 615 g/mol. The number of rotatable bonds is 7. The first-order valence-corrected chi connectivity index (χ1v) is 15.9. The number of anilines is 2. The first kappa shape index (κ1) is 28.8. The molecule has 0 saturated heterocycles. The topological polar surface area (TPSA) is 96.0 Å². The SMILES string of the molecule is O=C(NCCc1ccccc1)[C@H]1CN(C(=O)c2ccc3c(c2)CCCN3S(=O)(=O)c2ccc(Cl)cc2)c2ccccc2O1. The van der Waals surface area contributed by atoms with Crippen LogP contribution in [0.4, 0.5) is 11.4 Å². The van der Waals surface area contributed by atoms with Gasteiger partial charge in [0.15, 0.2) is 6.10 Å². The fourth-order valence-corrected chi connectivity index (χ4v) is 7.15. The number of aryl methyl sites for hydroxylation is 1. The molecule has 0 fully saturated rings. The second-order valence-electron chi connectivity index (χ2n) is 10.5. The number of hydrogen-bond donors (Lipinski definition) is 1. The molecule has 43 heavy (non-hydrogen) atoms. The van der Waals surface area contributed by atoms with Gasteiger partial charge in [-0.1, -0.05) is 54.1 Å². The Labute approximate surface area is 255 Å². The van der Waals surface area contributed by atoms with Crippen molar-refractivity contribution < 1.29 is 22.7 Å². The molecular formula is C33H30ClN3O5S. The van der Waals surface area contributed by atoms with Crippen LogP contribution in [-0.4, -0.2) is 46.0 Å². The molecule has 0 aromatic heterocycles. The minimum absolute atomic E-state index is 0.0428. The van der Waals surface area contributed by atoms with Gasteiger partial charge in [-0.15, -0.1) is 0 Å². The molecular weight excluding hydrogens is 586 g/mol. The largest absolute Gasteiger partial charge is 0.477 e. The molecule has 0 spiro atoms. The summed E-state index contributed by atoms with van der Waals surface area (Å²) in [7, 11) is -3.81. The number of benzene rings is 4. The maximum atomic E-state index is 13.9. The minimum atomic E-state index is -3.81. The molecule has 2 aliphatic rings. The zero-order valence-corrected chi connectivity index (χ0v) is 24.9. The summed E-state index contributed by atoms with van der Waals surface area (Å²) in [5.74, 6) is -0.140. The second-order valence-corrected chi connectivity index (χ2v) is 12.8. The van der Waals surface area contributed by atoms with Crippen molar-refractivity contribution in [2.75, 3.05) is 28.8 Å². The first-order valence-electron chi connectivity index (χ1n) is 14.1. The van der Waals surface area contributed by atoms with E-state index in [0.29, 0.717) is 60.1 Å². The molecule has 220 valence electrons. The molecule has 1 atom stereocenters. The molecule has 8 nitrogen and oxygen atoms in total. The Morgan fingerprint density at radius 3 is 2.44 bits per heavy atom. The molecule has 0 aliphatic carbocycles. The summed E-state index contributed by atoms with van der Waals surface area (Å²) in [4.78, 5) is 28.8. The van der Waals surface area contributed by atoms with Crippen molar-refractivity contribution in [2.24, 2.45) is 0 Å². The summed E-state index contributed by atoms with van der Waals surface area (Å²) in [6.07, 6.45) is 1.05. The van der Waals surface area contributed by atoms with E-state index in [-0.39, 0.29) is 23.3 Å². The lowest BCUT2D eigenvalue weighted by Gasteiger charge is -2.35. The van der Waals surface area contributed by atoms with Crippen molar-refractivity contribution in [1.82, 2.24) is 5.32 Å². The first-order chi connectivity index (χ1) is 20.8. The molecule has 0 unspecified atom stereocenters. The number of ether oxygens (including phenoxy) is 1. The van der Waals surface area contributed by atoms with Crippen LogP contribution in [0, 0.1) is 0 Å². The summed E-state index contributed by atoms with van der Waals surface area (Å²) in [5, 5.41) is 3.39. The molecule has 1 N–H and O–H groups in total. The molecule has 10 heteroatoms. The Bertz CT molecular complexity index is 1760. The number of para-hydroxylation sites is 2. The summed E-state index contributed by atoms with van der Waals surface area (Å²) in [6, 6.07) is 28.2. The maximum absolute atomic E-state index is 13.9. The third-order valence-corrected chi connectivity index (χ3v) is 9.75. The summed E-state index contributed by atoms with van der Waals surface area (Å²) < 4.78 is 34.4. The van der Waals surface area contributed by atoms with E-state index in [1.54, 1.807) is 53.4 Å². The second kappa shape index (κ2) is 12.1. The smallest absolute Gasteiger partial charge is 0.264 e. The Morgan fingerprint density at radius 1 is 0.907 bits per heavy atom. The van der Waals surface area contributed by atoms with E-state index in [1.807, 2.05) is 36.4 Å². The van der Waals surface area contributed by atoms with E-state index in [4.69, 9.17) is 16.3 Å². The Morgan fingerprint density at radius 2 is 1.65 bits per heavy atom. The van der Waals surface area contributed by atoms with Crippen LogP contribution in [0.5, 0.6) is 5.75 Å². The lowest BCUT2D eigenvalue weighted by Crippen LogP contribution is -2.51. The van der Waals surface area contributed by atoms with Crippen LogP contribution in [0.3, 0.4) is 0 Å². The van der Waals surface area contributed by atoms with Crippen molar-refractivity contribution in [3.8, 4) is 5.75 Å². The van der Waals surface area contributed by atoms with Crippen LogP contribution >= 0.6 is 11.6 Å².